The highest BCUT2D eigenvalue weighted by molar-refractivity contribution is 5.87. The molecule has 86 heavy (non-hydrogen) atoms. The Morgan fingerprint density at radius 2 is 1.30 bits per heavy atom. The van der Waals surface area contributed by atoms with Gasteiger partial charge in [-0.2, -0.15) is 0 Å². The number of nitrogens with zero attached hydrogens (tertiary/aromatic N) is 1. The zero-order chi connectivity index (χ0) is 65.3. The number of carbonyl (C=O) groups is 1. The molecule has 24 heteroatoms. The van der Waals surface area contributed by atoms with Crippen molar-refractivity contribution in [3.63, 3.8) is 0 Å². The van der Waals surface area contributed by atoms with Crippen molar-refractivity contribution in [1.29, 1.82) is 0 Å². The average molecular weight is 1230 g/mol. The number of rotatable bonds is 9. The van der Waals surface area contributed by atoms with E-state index in [9.17, 15) is 91.6 Å². The first-order valence-corrected chi connectivity index (χ1v) is 30.7. The molecule has 0 bridgehead atoms. The quantitative estimate of drug-likeness (QED) is 0.0466. The maximum absolute atomic E-state index is 13.5. The smallest absolute Gasteiger partial charge is 0.333 e. The van der Waals surface area contributed by atoms with E-state index in [0.29, 0.717) is 32.1 Å². The molecule has 0 aromatic rings. The maximum atomic E-state index is 13.5. The van der Waals surface area contributed by atoms with Crippen molar-refractivity contribution in [2.45, 2.75) is 262 Å². The Morgan fingerprint density at radius 3 is 1.94 bits per heavy atom. The molecule has 27 atom stereocenters. The number of hydrogen-bond acceptors (Lipinski definition) is 22. The highest BCUT2D eigenvalue weighted by Crippen LogP contribution is 2.30. The summed E-state index contributed by atoms with van der Waals surface area (Å²) in [5.74, 6) is -4.83. The lowest BCUT2D eigenvalue weighted by molar-refractivity contribution is -0.312. The molecule has 1 saturated heterocycles. The molecule has 0 amide bonds. The zero-order valence-corrected chi connectivity index (χ0v) is 51.9. The lowest BCUT2D eigenvalue weighted by Crippen LogP contribution is -2.60. The van der Waals surface area contributed by atoms with Crippen molar-refractivity contribution in [2.75, 3.05) is 13.2 Å². The number of aliphatic hydroxyl groups is 17. The highest BCUT2D eigenvalue weighted by Gasteiger charge is 2.46. The van der Waals surface area contributed by atoms with Gasteiger partial charge in [-0.3, -0.25) is 4.99 Å². The highest BCUT2D eigenvalue weighted by atomic mass is 16.7. The lowest BCUT2D eigenvalue weighted by Gasteiger charge is -2.41. The minimum absolute atomic E-state index is 0.0306. The van der Waals surface area contributed by atoms with Crippen LogP contribution in [0.5, 0.6) is 0 Å². The van der Waals surface area contributed by atoms with Crippen molar-refractivity contribution in [1.82, 2.24) is 0 Å². The zero-order valence-electron chi connectivity index (χ0n) is 51.9. The Morgan fingerprint density at radius 1 is 0.674 bits per heavy atom. The predicted molar refractivity (Wildman–Crippen MR) is 322 cm³/mol. The van der Waals surface area contributed by atoms with E-state index in [1.54, 1.807) is 66.7 Å². The molecule has 0 saturated carbocycles. The first kappa shape index (κ1) is 78.8. The molecule has 0 radical (unpaired) electrons. The van der Waals surface area contributed by atoms with Crippen molar-refractivity contribution >= 4 is 11.9 Å². The second kappa shape index (κ2) is 39.7. The third-order valence-electron chi connectivity index (χ3n) is 17.1. The number of allylic oxidation sites excluding steroid dienone is 2. The summed E-state index contributed by atoms with van der Waals surface area (Å²) in [6.07, 6.45) is -14.0. The minimum Gasteiger partial charge on any atom is -0.458 e. The molecule has 1 unspecified atom stereocenters. The van der Waals surface area contributed by atoms with E-state index in [4.69, 9.17) is 25.7 Å². The minimum atomic E-state index is -1.89. The summed E-state index contributed by atoms with van der Waals surface area (Å²) in [7, 11) is 0. The molecule has 2 aliphatic heterocycles. The summed E-state index contributed by atoms with van der Waals surface area (Å²) in [5.41, 5.74) is 11.4. The Bertz CT molecular complexity index is 2090. The number of ether oxygens (including phenoxy) is 3. The van der Waals surface area contributed by atoms with E-state index >= 15 is 0 Å². The van der Waals surface area contributed by atoms with Crippen LogP contribution in [-0.4, -0.2) is 234 Å². The van der Waals surface area contributed by atoms with Gasteiger partial charge in [-0.1, -0.05) is 97.1 Å². The van der Waals surface area contributed by atoms with Crippen LogP contribution >= 0.6 is 0 Å². The standard InChI is InChI=1S/C62H111N3O21/c1-32-25-42(68)29-47(73)40(9)55(78)56(79)49(75)30-43(69)28-41(67)18-13-21-50(38(7)45(71)20-14-24-65-62(63)64)84-60(83)36(5)17-12-16-34(3)54(77)39(8)46(72)19-11-10-15-33(2)44(70)23-22-35(4)53(76)37(6)27-51(48(74)26-32)85-61-59(82)58(81)57(80)52(31-66)86-61/h10,13,15,17-18,22-23,27,32-35,38-59,61,66-82H,11-12,14,16,19-21,24-26,28-31H2,1-9H3,(H4,63,64,65)/t32-,33-,34-,35-,38+,39-,40-,41+,42-,43-,44-,45+,46-,47-,48+,49+,50?,51+,52+,53+,54+,55+,56-,57+,58-,59-,61-/m0/s1. The molecule has 0 spiro atoms. The van der Waals surface area contributed by atoms with Crippen molar-refractivity contribution < 1.29 is 106 Å². The summed E-state index contributed by atoms with van der Waals surface area (Å²) in [4.78, 5) is 17.5. The van der Waals surface area contributed by atoms with E-state index in [2.05, 4.69) is 4.99 Å². The number of cyclic esters (lactones) is 1. The van der Waals surface area contributed by atoms with Crippen LogP contribution in [0.4, 0.5) is 0 Å². The third kappa shape index (κ3) is 27.0. The van der Waals surface area contributed by atoms with Crippen LogP contribution in [0.3, 0.4) is 0 Å². The van der Waals surface area contributed by atoms with Crippen molar-refractivity contribution in [2.24, 2.45) is 57.9 Å². The summed E-state index contributed by atoms with van der Waals surface area (Å²) < 4.78 is 17.5. The van der Waals surface area contributed by atoms with Crippen LogP contribution in [-0.2, 0) is 19.0 Å². The number of aliphatic imine (C=N–C) groups is 1. The Kier molecular flexibility index (Phi) is 36.4. The van der Waals surface area contributed by atoms with E-state index in [0.717, 1.165) is 0 Å². The molecule has 1 fully saturated rings. The molecular weight excluding hydrogens is 1120 g/mol. The number of esters is 1. The van der Waals surface area contributed by atoms with E-state index in [1.165, 1.54) is 31.2 Å². The third-order valence-corrected chi connectivity index (χ3v) is 17.1. The first-order chi connectivity index (χ1) is 40.2. The molecule has 2 aliphatic rings. The van der Waals surface area contributed by atoms with Gasteiger partial charge in [0.25, 0.3) is 0 Å². The van der Waals surface area contributed by atoms with E-state index in [1.807, 2.05) is 13.0 Å². The van der Waals surface area contributed by atoms with Gasteiger partial charge in [-0.15, -0.1) is 0 Å². The fourth-order valence-corrected chi connectivity index (χ4v) is 10.8. The molecule has 2 rings (SSSR count). The van der Waals surface area contributed by atoms with E-state index in [-0.39, 0.29) is 68.1 Å². The van der Waals surface area contributed by atoms with Gasteiger partial charge in [0.05, 0.1) is 79.9 Å². The van der Waals surface area contributed by atoms with Crippen LogP contribution < -0.4 is 11.5 Å². The maximum Gasteiger partial charge on any atom is 0.333 e. The summed E-state index contributed by atoms with van der Waals surface area (Å²) in [6.45, 7) is 14.5. The molecule has 0 aliphatic carbocycles. The molecule has 2 heterocycles. The number of hydrogen-bond donors (Lipinski definition) is 19. The number of guanidine groups is 1. The Labute approximate surface area is 508 Å². The summed E-state index contributed by atoms with van der Waals surface area (Å²) in [6, 6.07) is 0. The predicted octanol–water partition coefficient (Wildman–Crippen LogP) is -0.243. The fourth-order valence-electron chi connectivity index (χ4n) is 10.8. The molecule has 0 aromatic carbocycles. The van der Waals surface area contributed by atoms with E-state index < -0.39 is 177 Å². The normalized spacial score (nSPS) is 40.6. The Balaban J connectivity index is 2.45. The largest absolute Gasteiger partial charge is 0.458 e. The van der Waals surface area contributed by atoms with Crippen LogP contribution in [0.25, 0.3) is 0 Å². The monoisotopic (exact) mass is 1230 g/mol. The lowest BCUT2D eigenvalue weighted by atomic mass is 9.85. The second-order valence-corrected chi connectivity index (χ2v) is 24.8. The first-order valence-electron chi connectivity index (χ1n) is 30.7. The second-order valence-electron chi connectivity index (χ2n) is 24.8. The topological polar surface area (TPSA) is 453 Å². The summed E-state index contributed by atoms with van der Waals surface area (Å²) in [5, 5.41) is 186. The van der Waals surface area contributed by atoms with Crippen molar-refractivity contribution in [3.05, 3.63) is 59.8 Å². The number of nitrogens with two attached hydrogens (primary N) is 2. The van der Waals surface area contributed by atoms with Gasteiger partial charge < -0.3 is 112 Å². The molecular formula is C62H111N3O21. The van der Waals surface area contributed by atoms with Gasteiger partial charge in [-0.25, -0.2) is 4.79 Å². The molecule has 0 aromatic heterocycles. The Hall–Kier alpha value is -3.32. The van der Waals surface area contributed by atoms with Crippen molar-refractivity contribution in [3.8, 4) is 0 Å². The SMILES string of the molecule is CC1=CCC[C@H](C)[C@@H](O)[C@@H](C)[C@@H](O)CCC=C[C@H](C)[C@@H](O)C=C[C@H](C)[C@@H](O)C(C)=C[C@@H](O[C@H]2O[C@H](CO)[C@@H](O)[C@H](O)[C@@H]2O)[C@H](O)C[C@@H](C)C[C@H](O)C[C@H](O)[C@H](C)[C@@H](O)[C@@H](O)[C@H](O)C[C@@H](O)C[C@H](O)C=CCC([C@H](C)[C@H](O)CCCN=C(N)N)OC1=O. The molecule has 500 valence electrons. The van der Waals surface area contributed by atoms with Gasteiger partial charge in [0.1, 0.15) is 42.7 Å². The van der Waals surface area contributed by atoms with Gasteiger partial charge in [0.15, 0.2) is 12.2 Å². The number of carbonyl (C=O) groups excluding carboxylic acids is 1. The van der Waals surface area contributed by atoms with Gasteiger partial charge in [0, 0.05) is 61.0 Å². The fraction of sp³-hybridized carbons (Fsp3) is 0.806. The summed E-state index contributed by atoms with van der Waals surface area (Å²) >= 11 is 0. The van der Waals surface area contributed by atoms with Crippen LogP contribution in [0.15, 0.2) is 64.7 Å². The molecule has 24 nitrogen and oxygen atoms in total. The van der Waals surface area contributed by atoms with Crippen LogP contribution in [0, 0.1) is 41.4 Å². The van der Waals surface area contributed by atoms with Crippen LogP contribution in [0.2, 0.25) is 0 Å². The number of aliphatic hydroxyl groups excluding tert-OH is 17. The van der Waals surface area contributed by atoms with Crippen LogP contribution in [0.1, 0.15) is 139 Å². The van der Waals surface area contributed by atoms with Gasteiger partial charge in [-0.05, 0) is 89.0 Å². The average Bonchev–Trinajstić information content (AvgIpc) is 3.36. The van der Waals surface area contributed by atoms with Gasteiger partial charge >= 0.3 is 5.97 Å². The van der Waals surface area contributed by atoms with Gasteiger partial charge in [0.2, 0.25) is 0 Å². The molecule has 21 N–H and O–H groups in total.